The van der Waals surface area contributed by atoms with E-state index in [1.54, 1.807) is 0 Å². The minimum Gasteiger partial charge on any atom is -0.454 e. The maximum atomic E-state index is 11.5. The molecule has 5 heteroatoms. The van der Waals surface area contributed by atoms with Gasteiger partial charge >= 0.3 is 11.9 Å². The standard InChI is InChI=1S/C15H19NO4/c1-3-16(13-8-6-5-7-9-13)11-10-14(17)20-12-15(18)19-4-2/h4-9H,2-3,10-12H2,1H3. The Labute approximate surface area is 118 Å². The zero-order valence-electron chi connectivity index (χ0n) is 11.6. The number of esters is 2. The van der Waals surface area contributed by atoms with E-state index in [0.29, 0.717) is 6.54 Å². The molecule has 0 bridgehead atoms. The van der Waals surface area contributed by atoms with Crippen molar-refractivity contribution in [2.45, 2.75) is 13.3 Å². The summed E-state index contributed by atoms with van der Waals surface area (Å²) in [4.78, 5) is 24.6. The quantitative estimate of drug-likeness (QED) is 0.538. The van der Waals surface area contributed by atoms with E-state index in [2.05, 4.69) is 16.2 Å². The Morgan fingerprint density at radius 2 is 1.95 bits per heavy atom. The van der Waals surface area contributed by atoms with Crippen LogP contribution in [0.4, 0.5) is 5.69 Å². The number of nitrogens with zero attached hydrogens (tertiary/aromatic N) is 1. The molecule has 0 heterocycles. The topological polar surface area (TPSA) is 55.8 Å². The normalized spacial score (nSPS) is 9.65. The summed E-state index contributed by atoms with van der Waals surface area (Å²) in [6, 6.07) is 9.80. The highest BCUT2D eigenvalue weighted by molar-refractivity contribution is 5.77. The van der Waals surface area contributed by atoms with Crippen molar-refractivity contribution in [1.29, 1.82) is 0 Å². The van der Waals surface area contributed by atoms with Crippen LogP contribution in [-0.4, -0.2) is 31.6 Å². The number of hydrogen-bond donors (Lipinski definition) is 0. The largest absolute Gasteiger partial charge is 0.454 e. The van der Waals surface area contributed by atoms with Crippen molar-refractivity contribution in [2.24, 2.45) is 0 Å². The van der Waals surface area contributed by atoms with Crippen LogP contribution in [0.25, 0.3) is 0 Å². The van der Waals surface area contributed by atoms with Crippen LogP contribution in [0, 0.1) is 0 Å². The van der Waals surface area contributed by atoms with Gasteiger partial charge in [0.1, 0.15) is 0 Å². The number of rotatable bonds is 8. The van der Waals surface area contributed by atoms with Crippen LogP contribution in [0.5, 0.6) is 0 Å². The first-order chi connectivity index (χ1) is 9.67. The lowest BCUT2D eigenvalue weighted by Gasteiger charge is -2.22. The van der Waals surface area contributed by atoms with E-state index in [4.69, 9.17) is 4.74 Å². The first kappa shape index (κ1) is 15.8. The van der Waals surface area contributed by atoms with E-state index in [1.165, 1.54) is 0 Å². The smallest absolute Gasteiger partial charge is 0.349 e. The fourth-order valence-corrected chi connectivity index (χ4v) is 1.67. The summed E-state index contributed by atoms with van der Waals surface area (Å²) in [7, 11) is 0. The molecular formula is C15H19NO4. The number of benzene rings is 1. The van der Waals surface area contributed by atoms with Crippen LogP contribution in [0.1, 0.15) is 13.3 Å². The van der Waals surface area contributed by atoms with Gasteiger partial charge in [-0.25, -0.2) is 4.79 Å². The van der Waals surface area contributed by atoms with Crippen LogP contribution >= 0.6 is 0 Å². The zero-order chi connectivity index (χ0) is 14.8. The molecule has 0 aliphatic rings. The lowest BCUT2D eigenvalue weighted by atomic mass is 10.2. The summed E-state index contributed by atoms with van der Waals surface area (Å²) >= 11 is 0. The van der Waals surface area contributed by atoms with E-state index >= 15 is 0 Å². The number of ether oxygens (including phenoxy) is 2. The van der Waals surface area contributed by atoms with Crippen molar-refractivity contribution in [1.82, 2.24) is 0 Å². The third-order valence-corrected chi connectivity index (χ3v) is 2.65. The van der Waals surface area contributed by atoms with Gasteiger partial charge in [-0.1, -0.05) is 24.8 Å². The summed E-state index contributed by atoms with van der Waals surface area (Å²) in [5, 5.41) is 0. The molecular weight excluding hydrogens is 258 g/mol. The molecule has 0 saturated heterocycles. The zero-order valence-corrected chi connectivity index (χ0v) is 11.6. The van der Waals surface area contributed by atoms with Crippen molar-refractivity contribution in [3.8, 4) is 0 Å². The van der Waals surface area contributed by atoms with Gasteiger partial charge in [0.15, 0.2) is 6.61 Å². The van der Waals surface area contributed by atoms with Crippen molar-refractivity contribution in [3.63, 3.8) is 0 Å². The van der Waals surface area contributed by atoms with E-state index in [0.717, 1.165) is 18.5 Å². The van der Waals surface area contributed by atoms with Crippen molar-refractivity contribution >= 4 is 17.6 Å². The van der Waals surface area contributed by atoms with Gasteiger partial charge in [0.25, 0.3) is 0 Å². The predicted molar refractivity (Wildman–Crippen MR) is 76.2 cm³/mol. The maximum absolute atomic E-state index is 11.5. The maximum Gasteiger partial charge on any atom is 0.349 e. The van der Waals surface area contributed by atoms with Gasteiger partial charge in [-0.05, 0) is 19.1 Å². The first-order valence-electron chi connectivity index (χ1n) is 6.43. The van der Waals surface area contributed by atoms with Crippen molar-refractivity contribution in [2.75, 3.05) is 24.6 Å². The molecule has 0 aliphatic carbocycles. The molecule has 0 atom stereocenters. The van der Waals surface area contributed by atoms with Gasteiger partial charge in [-0.3, -0.25) is 4.79 Å². The highest BCUT2D eigenvalue weighted by atomic mass is 16.6. The second-order valence-electron chi connectivity index (χ2n) is 3.98. The molecule has 1 aromatic rings. The lowest BCUT2D eigenvalue weighted by molar-refractivity contribution is -0.155. The molecule has 0 aromatic heterocycles. The highest BCUT2D eigenvalue weighted by Gasteiger charge is 2.10. The van der Waals surface area contributed by atoms with E-state index < -0.39 is 11.9 Å². The Hall–Kier alpha value is -2.30. The average Bonchev–Trinajstić information content (AvgIpc) is 2.47. The molecule has 0 spiro atoms. The minimum atomic E-state index is -0.635. The monoisotopic (exact) mass is 277 g/mol. The van der Waals surface area contributed by atoms with Gasteiger partial charge in [0.05, 0.1) is 12.7 Å². The van der Waals surface area contributed by atoms with E-state index in [1.807, 2.05) is 37.3 Å². The molecule has 0 saturated carbocycles. The third-order valence-electron chi connectivity index (χ3n) is 2.65. The molecule has 0 radical (unpaired) electrons. The number of carbonyl (C=O) groups excluding carboxylic acids is 2. The lowest BCUT2D eigenvalue weighted by Crippen LogP contribution is -2.26. The first-order valence-corrected chi connectivity index (χ1v) is 6.43. The Bertz CT molecular complexity index is 444. The third kappa shape index (κ3) is 5.56. The molecule has 1 rings (SSSR count). The van der Waals surface area contributed by atoms with Gasteiger partial charge < -0.3 is 14.4 Å². The van der Waals surface area contributed by atoms with E-state index in [9.17, 15) is 9.59 Å². The Morgan fingerprint density at radius 1 is 1.25 bits per heavy atom. The summed E-state index contributed by atoms with van der Waals surface area (Å²) in [6.07, 6.45) is 1.22. The summed E-state index contributed by atoms with van der Waals surface area (Å²) < 4.78 is 9.24. The molecule has 0 aliphatic heterocycles. The molecule has 5 nitrogen and oxygen atoms in total. The Morgan fingerprint density at radius 3 is 2.55 bits per heavy atom. The van der Waals surface area contributed by atoms with Crippen LogP contribution < -0.4 is 4.90 Å². The van der Waals surface area contributed by atoms with Gasteiger partial charge in [0, 0.05) is 18.8 Å². The van der Waals surface area contributed by atoms with Crippen LogP contribution in [-0.2, 0) is 19.1 Å². The van der Waals surface area contributed by atoms with Crippen LogP contribution in [0.2, 0.25) is 0 Å². The molecule has 0 fully saturated rings. The average molecular weight is 277 g/mol. The molecule has 20 heavy (non-hydrogen) atoms. The number of para-hydroxylation sites is 1. The van der Waals surface area contributed by atoms with Gasteiger partial charge in [0.2, 0.25) is 0 Å². The summed E-state index contributed by atoms with van der Waals surface area (Å²) in [6.45, 7) is 6.19. The highest BCUT2D eigenvalue weighted by Crippen LogP contribution is 2.13. The Balaban J connectivity index is 2.35. The van der Waals surface area contributed by atoms with Gasteiger partial charge in [-0.2, -0.15) is 0 Å². The molecule has 1 aromatic carbocycles. The second-order valence-corrected chi connectivity index (χ2v) is 3.98. The predicted octanol–water partition coefficient (Wildman–Crippen LogP) is 2.13. The van der Waals surface area contributed by atoms with Crippen molar-refractivity contribution in [3.05, 3.63) is 43.2 Å². The van der Waals surface area contributed by atoms with Crippen LogP contribution in [0.15, 0.2) is 43.2 Å². The summed E-state index contributed by atoms with van der Waals surface area (Å²) in [5.41, 5.74) is 1.05. The number of hydrogen-bond acceptors (Lipinski definition) is 5. The van der Waals surface area contributed by atoms with Crippen molar-refractivity contribution < 1.29 is 19.1 Å². The minimum absolute atomic E-state index is 0.212. The SMILES string of the molecule is C=COC(=O)COC(=O)CCN(CC)c1ccccc1. The molecule has 108 valence electrons. The van der Waals surface area contributed by atoms with Crippen LogP contribution in [0.3, 0.4) is 0 Å². The molecule has 0 unspecified atom stereocenters. The fraction of sp³-hybridized carbons (Fsp3) is 0.333. The summed E-state index contributed by atoms with van der Waals surface area (Å²) in [5.74, 6) is -1.07. The fourth-order valence-electron chi connectivity index (χ4n) is 1.67. The van der Waals surface area contributed by atoms with Gasteiger partial charge in [-0.15, -0.1) is 0 Å². The number of anilines is 1. The Kier molecular flexibility index (Phi) is 6.89. The molecule has 0 N–H and O–H groups in total. The molecule has 0 amide bonds. The number of carbonyl (C=O) groups is 2. The van der Waals surface area contributed by atoms with E-state index in [-0.39, 0.29) is 13.0 Å². The second kappa shape index (κ2) is 8.74.